The summed E-state index contributed by atoms with van der Waals surface area (Å²) in [5.41, 5.74) is 0.462. The molecular formula is C20H37NO2. The fourth-order valence-electron chi connectivity index (χ4n) is 4.72. The minimum Gasteiger partial charge on any atom is -0.350 e. The summed E-state index contributed by atoms with van der Waals surface area (Å²) in [6.07, 6.45) is 11.6. The van der Waals surface area contributed by atoms with Gasteiger partial charge >= 0.3 is 0 Å². The maximum absolute atomic E-state index is 6.55. The molecule has 3 fully saturated rings. The molecule has 3 nitrogen and oxygen atoms in total. The Labute approximate surface area is 143 Å². The van der Waals surface area contributed by atoms with E-state index < -0.39 is 0 Å². The second-order valence-electron chi connectivity index (χ2n) is 8.77. The third-order valence-corrected chi connectivity index (χ3v) is 6.86. The third kappa shape index (κ3) is 4.29. The molecule has 1 saturated carbocycles. The van der Waals surface area contributed by atoms with Gasteiger partial charge in [-0.3, -0.25) is 0 Å². The molecule has 1 spiro atoms. The van der Waals surface area contributed by atoms with Crippen molar-refractivity contribution in [2.75, 3.05) is 26.2 Å². The highest BCUT2D eigenvalue weighted by Gasteiger charge is 2.44. The van der Waals surface area contributed by atoms with E-state index in [1.54, 1.807) is 0 Å². The van der Waals surface area contributed by atoms with E-state index in [-0.39, 0.29) is 5.79 Å². The average Bonchev–Trinajstić information content (AvgIpc) is 2.56. The number of likely N-dealkylation sites (tertiary alicyclic amines) is 1. The molecule has 0 aromatic carbocycles. The number of hydrogen-bond donors (Lipinski definition) is 0. The molecule has 1 aliphatic carbocycles. The first-order chi connectivity index (χ1) is 11.0. The van der Waals surface area contributed by atoms with Crippen LogP contribution in [0.15, 0.2) is 0 Å². The minimum atomic E-state index is -0.251. The number of hydrogen-bond acceptors (Lipinski definition) is 3. The first-order valence-electron chi connectivity index (χ1n) is 10.1. The van der Waals surface area contributed by atoms with Crippen LogP contribution >= 0.6 is 0 Å². The quantitative estimate of drug-likeness (QED) is 0.754. The van der Waals surface area contributed by atoms with Crippen molar-refractivity contribution >= 4 is 0 Å². The van der Waals surface area contributed by atoms with Crippen LogP contribution in [0.25, 0.3) is 0 Å². The standard InChI is InChI=1S/C20H37NO2/c1-4-19(2,3)17-8-11-20(12-9-17)22-15-10-18(23-20)16-21-13-6-5-7-14-21/h17-18H,4-16H2,1-3H3. The van der Waals surface area contributed by atoms with Crippen LogP contribution in [0.5, 0.6) is 0 Å². The number of piperidine rings is 1. The van der Waals surface area contributed by atoms with Gasteiger partial charge in [0, 0.05) is 19.4 Å². The number of rotatable bonds is 4. The van der Waals surface area contributed by atoms with Crippen molar-refractivity contribution in [2.24, 2.45) is 11.3 Å². The molecule has 2 saturated heterocycles. The summed E-state index contributed by atoms with van der Waals surface area (Å²) < 4.78 is 12.7. The van der Waals surface area contributed by atoms with Crippen LogP contribution in [0.2, 0.25) is 0 Å². The van der Waals surface area contributed by atoms with Crippen molar-refractivity contribution in [1.82, 2.24) is 4.90 Å². The van der Waals surface area contributed by atoms with E-state index in [1.165, 1.54) is 51.6 Å². The molecule has 0 aromatic rings. The van der Waals surface area contributed by atoms with Crippen LogP contribution in [0.1, 0.15) is 78.6 Å². The summed E-state index contributed by atoms with van der Waals surface area (Å²) in [7, 11) is 0. The highest BCUT2D eigenvalue weighted by Crippen LogP contribution is 2.46. The molecule has 3 rings (SSSR count). The van der Waals surface area contributed by atoms with E-state index in [4.69, 9.17) is 9.47 Å². The summed E-state index contributed by atoms with van der Waals surface area (Å²) in [5, 5.41) is 0. The zero-order chi connectivity index (χ0) is 16.3. The Morgan fingerprint density at radius 1 is 1.04 bits per heavy atom. The molecule has 0 radical (unpaired) electrons. The highest BCUT2D eigenvalue weighted by molar-refractivity contribution is 4.89. The van der Waals surface area contributed by atoms with Crippen molar-refractivity contribution in [2.45, 2.75) is 90.4 Å². The average molecular weight is 324 g/mol. The Balaban J connectivity index is 1.52. The first kappa shape index (κ1) is 17.7. The lowest BCUT2D eigenvalue weighted by Gasteiger charge is -2.48. The molecule has 134 valence electrons. The molecule has 0 N–H and O–H groups in total. The second kappa shape index (κ2) is 7.41. The molecule has 0 aromatic heterocycles. The predicted molar refractivity (Wildman–Crippen MR) is 94.5 cm³/mol. The molecular weight excluding hydrogens is 286 g/mol. The highest BCUT2D eigenvalue weighted by atomic mass is 16.7. The lowest BCUT2D eigenvalue weighted by atomic mass is 9.68. The van der Waals surface area contributed by atoms with Gasteiger partial charge in [-0.05, 0) is 56.5 Å². The molecule has 3 heteroatoms. The van der Waals surface area contributed by atoms with E-state index in [0.717, 1.165) is 38.3 Å². The van der Waals surface area contributed by atoms with Gasteiger partial charge in [0.25, 0.3) is 0 Å². The second-order valence-corrected chi connectivity index (χ2v) is 8.77. The van der Waals surface area contributed by atoms with E-state index >= 15 is 0 Å². The summed E-state index contributed by atoms with van der Waals surface area (Å²) in [6.45, 7) is 11.7. The Morgan fingerprint density at radius 3 is 2.39 bits per heavy atom. The van der Waals surface area contributed by atoms with Crippen LogP contribution in [0, 0.1) is 11.3 Å². The van der Waals surface area contributed by atoms with Crippen molar-refractivity contribution in [1.29, 1.82) is 0 Å². The number of nitrogens with zero attached hydrogens (tertiary/aromatic N) is 1. The lowest BCUT2D eigenvalue weighted by molar-refractivity contribution is -0.311. The Kier molecular flexibility index (Phi) is 5.70. The zero-order valence-electron chi connectivity index (χ0n) is 15.6. The smallest absolute Gasteiger partial charge is 0.168 e. The van der Waals surface area contributed by atoms with E-state index in [2.05, 4.69) is 25.7 Å². The largest absolute Gasteiger partial charge is 0.350 e. The monoisotopic (exact) mass is 323 g/mol. The Morgan fingerprint density at radius 2 is 1.74 bits per heavy atom. The van der Waals surface area contributed by atoms with Gasteiger partial charge < -0.3 is 14.4 Å². The molecule has 23 heavy (non-hydrogen) atoms. The maximum Gasteiger partial charge on any atom is 0.168 e. The molecule has 0 bridgehead atoms. The van der Waals surface area contributed by atoms with Gasteiger partial charge in [0.15, 0.2) is 5.79 Å². The van der Waals surface area contributed by atoms with Crippen molar-refractivity contribution in [3.05, 3.63) is 0 Å². The van der Waals surface area contributed by atoms with Crippen LogP contribution in [0.3, 0.4) is 0 Å². The number of ether oxygens (including phenoxy) is 2. The van der Waals surface area contributed by atoms with Crippen LogP contribution < -0.4 is 0 Å². The molecule has 1 unspecified atom stereocenters. The minimum absolute atomic E-state index is 0.251. The fraction of sp³-hybridized carbons (Fsp3) is 1.00. The van der Waals surface area contributed by atoms with Gasteiger partial charge in [0.05, 0.1) is 12.7 Å². The SMILES string of the molecule is CCC(C)(C)C1CCC2(CC1)OCCC(CN1CCCCC1)O2. The topological polar surface area (TPSA) is 21.7 Å². The Bertz CT molecular complexity index is 368. The van der Waals surface area contributed by atoms with Crippen molar-refractivity contribution in [3.8, 4) is 0 Å². The van der Waals surface area contributed by atoms with Gasteiger partial charge in [-0.1, -0.05) is 33.6 Å². The normalized spacial score (nSPS) is 37.2. The van der Waals surface area contributed by atoms with E-state index in [1.807, 2.05) is 0 Å². The predicted octanol–water partition coefficient (Wildman–Crippen LogP) is 4.60. The third-order valence-electron chi connectivity index (χ3n) is 6.86. The summed E-state index contributed by atoms with van der Waals surface area (Å²) in [4.78, 5) is 2.61. The molecule has 2 heterocycles. The molecule has 2 aliphatic heterocycles. The summed E-state index contributed by atoms with van der Waals surface area (Å²) in [6, 6.07) is 0. The van der Waals surface area contributed by atoms with Gasteiger partial charge in [-0.2, -0.15) is 0 Å². The summed E-state index contributed by atoms with van der Waals surface area (Å²) >= 11 is 0. The van der Waals surface area contributed by atoms with E-state index in [9.17, 15) is 0 Å². The van der Waals surface area contributed by atoms with Crippen LogP contribution in [-0.2, 0) is 9.47 Å². The van der Waals surface area contributed by atoms with Gasteiger partial charge in [-0.25, -0.2) is 0 Å². The van der Waals surface area contributed by atoms with Crippen molar-refractivity contribution < 1.29 is 9.47 Å². The summed E-state index contributed by atoms with van der Waals surface area (Å²) in [5.74, 6) is 0.576. The van der Waals surface area contributed by atoms with Crippen LogP contribution in [0.4, 0.5) is 0 Å². The lowest BCUT2D eigenvalue weighted by Crippen LogP contribution is -2.51. The fourth-order valence-corrected chi connectivity index (χ4v) is 4.72. The Hall–Kier alpha value is -0.120. The molecule has 1 atom stereocenters. The van der Waals surface area contributed by atoms with Gasteiger partial charge in [-0.15, -0.1) is 0 Å². The van der Waals surface area contributed by atoms with Crippen LogP contribution in [-0.4, -0.2) is 43.0 Å². The van der Waals surface area contributed by atoms with E-state index in [0.29, 0.717) is 11.5 Å². The molecule has 3 aliphatic rings. The molecule has 0 amide bonds. The van der Waals surface area contributed by atoms with Crippen molar-refractivity contribution in [3.63, 3.8) is 0 Å². The van der Waals surface area contributed by atoms with Gasteiger partial charge in [0.2, 0.25) is 0 Å². The first-order valence-corrected chi connectivity index (χ1v) is 10.1. The zero-order valence-corrected chi connectivity index (χ0v) is 15.6. The van der Waals surface area contributed by atoms with Gasteiger partial charge in [0.1, 0.15) is 0 Å². The maximum atomic E-state index is 6.55.